The third-order valence-electron chi connectivity index (χ3n) is 3.44. The second-order valence-electron chi connectivity index (χ2n) is 4.84. The second kappa shape index (κ2) is 6.22. The lowest BCUT2D eigenvalue weighted by atomic mass is 10.1. The van der Waals surface area contributed by atoms with Crippen LogP contribution < -0.4 is 0 Å². The molecule has 0 saturated heterocycles. The number of pyridine rings is 1. The summed E-state index contributed by atoms with van der Waals surface area (Å²) in [6.45, 7) is 0.755. The van der Waals surface area contributed by atoms with E-state index in [1.807, 2.05) is 24.3 Å². The molecule has 2 aromatic heterocycles. The molecule has 3 aromatic rings. The van der Waals surface area contributed by atoms with Crippen molar-refractivity contribution in [3.05, 3.63) is 59.8 Å². The molecule has 0 N–H and O–H groups in total. The molecule has 0 aliphatic heterocycles. The zero-order valence-corrected chi connectivity index (χ0v) is 12.2. The van der Waals surface area contributed by atoms with Crippen molar-refractivity contribution in [1.82, 2.24) is 14.5 Å². The van der Waals surface area contributed by atoms with Gasteiger partial charge in [-0.2, -0.15) is 0 Å². The smallest absolute Gasteiger partial charge is 0.159 e. The SMILES string of the molecule is Fc1ccc(CCn2c(CCCl)nc3cccnc32)cc1. The van der Waals surface area contributed by atoms with Crippen molar-refractivity contribution in [2.24, 2.45) is 0 Å². The van der Waals surface area contributed by atoms with E-state index < -0.39 is 0 Å². The van der Waals surface area contributed by atoms with Crippen LogP contribution in [0.2, 0.25) is 0 Å². The Morgan fingerprint density at radius 1 is 1.10 bits per heavy atom. The number of hydrogen-bond donors (Lipinski definition) is 0. The number of fused-ring (bicyclic) bond motifs is 1. The molecule has 21 heavy (non-hydrogen) atoms. The minimum atomic E-state index is -0.212. The van der Waals surface area contributed by atoms with Crippen LogP contribution in [0, 0.1) is 5.82 Å². The van der Waals surface area contributed by atoms with Crippen molar-refractivity contribution in [2.45, 2.75) is 19.4 Å². The summed E-state index contributed by atoms with van der Waals surface area (Å²) in [5, 5.41) is 0. The van der Waals surface area contributed by atoms with E-state index in [0.717, 1.165) is 35.5 Å². The molecule has 0 unspecified atom stereocenters. The maximum absolute atomic E-state index is 12.9. The maximum Gasteiger partial charge on any atom is 0.159 e. The molecule has 0 bridgehead atoms. The highest BCUT2D eigenvalue weighted by atomic mass is 35.5. The van der Waals surface area contributed by atoms with E-state index in [1.165, 1.54) is 12.1 Å². The molecular formula is C16H15ClFN3. The Morgan fingerprint density at radius 3 is 2.67 bits per heavy atom. The van der Waals surface area contributed by atoms with Crippen LogP contribution in [0.3, 0.4) is 0 Å². The van der Waals surface area contributed by atoms with E-state index in [-0.39, 0.29) is 5.82 Å². The minimum absolute atomic E-state index is 0.212. The van der Waals surface area contributed by atoms with E-state index in [9.17, 15) is 4.39 Å². The summed E-state index contributed by atoms with van der Waals surface area (Å²) >= 11 is 5.85. The highest BCUT2D eigenvalue weighted by Gasteiger charge is 2.10. The average molecular weight is 304 g/mol. The highest BCUT2D eigenvalue weighted by Crippen LogP contribution is 2.16. The molecule has 0 atom stereocenters. The molecule has 5 heteroatoms. The van der Waals surface area contributed by atoms with Crippen LogP contribution in [0.1, 0.15) is 11.4 Å². The maximum atomic E-state index is 12.9. The first kappa shape index (κ1) is 14.0. The Balaban J connectivity index is 1.87. The first-order valence-electron chi connectivity index (χ1n) is 6.88. The summed E-state index contributed by atoms with van der Waals surface area (Å²) in [5.74, 6) is 1.26. The van der Waals surface area contributed by atoms with Gasteiger partial charge in [-0.1, -0.05) is 12.1 Å². The van der Waals surface area contributed by atoms with Crippen LogP contribution in [0.5, 0.6) is 0 Å². The van der Waals surface area contributed by atoms with Gasteiger partial charge in [0, 0.05) is 25.0 Å². The lowest BCUT2D eigenvalue weighted by Gasteiger charge is -2.08. The summed E-state index contributed by atoms with van der Waals surface area (Å²) in [5.41, 5.74) is 2.85. The van der Waals surface area contributed by atoms with Crippen LogP contribution in [-0.2, 0) is 19.4 Å². The number of benzene rings is 1. The lowest BCUT2D eigenvalue weighted by Crippen LogP contribution is -2.07. The van der Waals surface area contributed by atoms with Crippen molar-refractivity contribution < 1.29 is 4.39 Å². The van der Waals surface area contributed by atoms with Gasteiger partial charge in [0.05, 0.1) is 0 Å². The van der Waals surface area contributed by atoms with Gasteiger partial charge in [-0.25, -0.2) is 14.4 Å². The van der Waals surface area contributed by atoms with Crippen molar-refractivity contribution in [2.75, 3.05) is 5.88 Å². The molecule has 3 rings (SSSR count). The molecule has 0 fully saturated rings. The first-order valence-corrected chi connectivity index (χ1v) is 7.42. The lowest BCUT2D eigenvalue weighted by molar-refractivity contribution is 0.624. The van der Waals surface area contributed by atoms with Crippen LogP contribution >= 0.6 is 11.6 Å². The van der Waals surface area contributed by atoms with Gasteiger partial charge in [0.15, 0.2) is 5.65 Å². The van der Waals surface area contributed by atoms with Gasteiger partial charge < -0.3 is 4.57 Å². The van der Waals surface area contributed by atoms with E-state index in [2.05, 4.69) is 14.5 Å². The fraction of sp³-hybridized carbons (Fsp3) is 0.250. The van der Waals surface area contributed by atoms with Crippen molar-refractivity contribution in [3.8, 4) is 0 Å². The average Bonchev–Trinajstić information content (AvgIpc) is 2.85. The zero-order chi connectivity index (χ0) is 14.7. The van der Waals surface area contributed by atoms with Crippen molar-refractivity contribution in [1.29, 1.82) is 0 Å². The van der Waals surface area contributed by atoms with Gasteiger partial charge in [-0.3, -0.25) is 0 Å². The molecule has 1 aromatic carbocycles. The molecule has 3 nitrogen and oxygen atoms in total. The fourth-order valence-electron chi connectivity index (χ4n) is 2.41. The van der Waals surface area contributed by atoms with Gasteiger partial charge in [0.1, 0.15) is 17.2 Å². The van der Waals surface area contributed by atoms with Crippen molar-refractivity contribution >= 4 is 22.8 Å². The number of imidazole rings is 1. The molecule has 0 radical (unpaired) electrons. The van der Waals surface area contributed by atoms with Gasteiger partial charge in [0.2, 0.25) is 0 Å². The summed E-state index contributed by atoms with van der Waals surface area (Å²) in [7, 11) is 0. The van der Waals surface area contributed by atoms with Crippen LogP contribution in [0.15, 0.2) is 42.6 Å². The van der Waals surface area contributed by atoms with E-state index in [0.29, 0.717) is 12.3 Å². The fourth-order valence-corrected chi connectivity index (χ4v) is 2.58. The number of hydrogen-bond acceptors (Lipinski definition) is 2. The molecular weight excluding hydrogens is 289 g/mol. The monoisotopic (exact) mass is 303 g/mol. The Morgan fingerprint density at radius 2 is 1.90 bits per heavy atom. The van der Waals surface area contributed by atoms with Gasteiger partial charge >= 0.3 is 0 Å². The molecule has 2 heterocycles. The Hall–Kier alpha value is -1.94. The second-order valence-corrected chi connectivity index (χ2v) is 5.22. The first-order chi connectivity index (χ1) is 10.3. The molecule has 0 aliphatic rings. The van der Waals surface area contributed by atoms with E-state index in [4.69, 9.17) is 11.6 Å². The predicted octanol–water partition coefficient (Wildman–Crippen LogP) is 3.59. The van der Waals surface area contributed by atoms with E-state index >= 15 is 0 Å². The highest BCUT2D eigenvalue weighted by molar-refractivity contribution is 6.17. The molecule has 0 aliphatic carbocycles. The quantitative estimate of drug-likeness (QED) is 0.674. The number of rotatable bonds is 5. The van der Waals surface area contributed by atoms with Crippen LogP contribution in [-0.4, -0.2) is 20.4 Å². The molecule has 108 valence electrons. The molecule has 0 saturated carbocycles. The van der Waals surface area contributed by atoms with Gasteiger partial charge in [-0.15, -0.1) is 11.6 Å². The number of aromatic nitrogens is 3. The number of halogens is 2. The normalized spacial score (nSPS) is 11.1. The number of alkyl halides is 1. The Bertz CT molecular complexity index is 737. The van der Waals surface area contributed by atoms with E-state index in [1.54, 1.807) is 6.20 Å². The summed E-state index contributed by atoms with van der Waals surface area (Å²) < 4.78 is 15.0. The number of aryl methyl sites for hydroxylation is 3. The summed E-state index contributed by atoms with van der Waals surface area (Å²) in [4.78, 5) is 8.99. The zero-order valence-electron chi connectivity index (χ0n) is 11.5. The molecule has 0 spiro atoms. The Kier molecular flexibility index (Phi) is 4.15. The minimum Gasteiger partial charge on any atom is -0.312 e. The number of nitrogens with zero attached hydrogens (tertiary/aromatic N) is 3. The Labute approximate surface area is 127 Å². The largest absolute Gasteiger partial charge is 0.312 e. The van der Waals surface area contributed by atoms with Crippen molar-refractivity contribution in [3.63, 3.8) is 0 Å². The standard InChI is InChI=1S/C16H15ClFN3/c17-9-7-15-20-14-2-1-10-19-16(14)21(15)11-8-12-3-5-13(18)6-4-12/h1-6,10H,7-9,11H2. The van der Waals surface area contributed by atoms with Gasteiger partial charge in [-0.05, 0) is 36.2 Å². The predicted molar refractivity (Wildman–Crippen MR) is 82.1 cm³/mol. The topological polar surface area (TPSA) is 30.7 Å². The van der Waals surface area contributed by atoms with Crippen LogP contribution in [0.25, 0.3) is 11.2 Å². The summed E-state index contributed by atoms with van der Waals surface area (Å²) in [6.07, 6.45) is 3.28. The molecule has 0 amide bonds. The third kappa shape index (κ3) is 3.05. The summed E-state index contributed by atoms with van der Waals surface area (Å²) in [6, 6.07) is 10.4. The third-order valence-corrected chi connectivity index (χ3v) is 3.63. The van der Waals surface area contributed by atoms with Crippen LogP contribution in [0.4, 0.5) is 4.39 Å². The van der Waals surface area contributed by atoms with Gasteiger partial charge in [0.25, 0.3) is 0 Å².